The number of ether oxygens (including phenoxy) is 3. The van der Waals surface area contributed by atoms with Crippen LogP contribution in [0.2, 0.25) is 0 Å². The lowest BCUT2D eigenvalue weighted by atomic mass is 10.1. The van der Waals surface area contributed by atoms with Crippen LogP contribution < -0.4 is 14.2 Å². The minimum atomic E-state index is -4.45. The standard InChI is InChI=1S/C22H25F3N2O4/c1-29-18-6-7-20(30-2)16(12-18)14-26-8-10-27(11-9-26)21(28)15-31-19-5-3-4-17(13-19)22(23,24)25/h3-7,12-13H,8-11,14-15H2,1-2H3. The molecule has 0 aromatic heterocycles. The smallest absolute Gasteiger partial charge is 0.416 e. The zero-order chi connectivity index (χ0) is 22.4. The van der Waals surface area contributed by atoms with Gasteiger partial charge in [0, 0.05) is 38.3 Å². The number of benzene rings is 2. The van der Waals surface area contributed by atoms with Gasteiger partial charge < -0.3 is 19.1 Å². The predicted molar refractivity (Wildman–Crippen MR) is 108 cm³/mol. The number of halogens is 3. The maximum atomic E-state index is 12.8. The minimum absolute atomic E-state index is 0.0203. The summed E-state index contributed by atoms with van der Waals surface area (Å²) in [7, 11) is 3.23. The lowest BCUT2D eigenvalue weighted by Gasteiger charge is -2.35. The molecule has 0 unspecified atom stereocenters. The Morgan fingerprint density at radius 2 is 1.71 bits per heavy atom. The zero-order valence-corrected chi connectivity index (χ0v) is 17.4. The van der Waals surface area contributed by atoms with E-state index in [1.807, 2.05) is 18.2 Å². The second-order valence-electron chi connectivity index (χ2n) is 7.15. The van der Waals surface area contributed by atoms with Gasteiger partial charge in [-0.25, -0.2) is 0 Å². The normalized spacial score (nSPS) is 14.9. The van der Waals surface area contributed by atoms with Crippen LogP contribution in [0.4, 0.5) is 13.2 Å². The maximum absolute atomic E-state index is 12.8. The third-order valence-corrected chi connectivity index (χ3v) is 5.13. The first-order valence-electron chi connectivity index (χ1n) is 9.81. The minimum Gasteiger partial charge on any atom is -0.497 e. The summed E-state index contributed by atoms with van der Waals surface area (Å²) < 4.78 is 54.4. The number of piperazine rings is 1. The first-order chi connectivity index (χ1) is 14.8. The Kier molecular flexibility index (Phi) is 7.27. The van der Waals surface area contributed by atoms with E-state index in [1.165, 1.54) is 12.1 Å². The Labute approximate surface area is 179 Å². The van der Waals surface area contributed by atoms with Crippen molar-refractivity contribution in [3.8, 4) is 17.2 Å². The molecule has 31 heavy (non-hydrogen) atoms. The number of hydrogen-bond acceptors (Lipinski definition) is 5. The van der Waals surface area contributed by atoms with E-state index in [2.05, 4.69) is 4.90 Å². The molecule has 6 nitrogen and oxygen atoms in total. The molecule has 1 amide bonds. The highest BCUT2D eigenvalue weighted by Gasteiger charge is 2.30. The molecule has 2 aromatic carbocycles. The number of nitrogens with zero attached hydrogens (tertiary/aromatic N) is 2. The highest BCUT2D eigenvalue weighted by atomic mass is 19.4. The Bertz CT molecular complexity index is 897. The van der Waals surface area contributed by atoms with E-state index in [0.29, 0.717) is 32.7 Å². The maximum Gasteiger partial charge on any atom is 0.416 e. The Morgan fingerprint density at radius 1 is 0.968 bits per heavy atom. The molecule has 3 rings (SSSR count). The third-order valence-electron chi connectivity index (χ3n) is 5.13. The molecule has 1 fully saturated rings. The summed E-state index contributed by atoms with van der Waals surface area (Å²) in [5, 5.41) is 0. The lowest BCUT2D eigenvalue weighted by Crippen LogP contribution is -2.49. The van der Waals surface area contributed by atoms with Crippen molar-refractivity contribution in [2.24, 2.45) is 0 Å². The number of hydrogen-bond donors (Lipinski definition) is 0. The van der Waals surface area contributed by atoms with Crippen molar-refractivity contribution in [3.63, 3.8) is 0 Å². The van der Waals surface area contributed by atoms with E-state index in [9.17, 15) is 18.0 Å². The van der Waals surface area contributed by atoms with Crippen LogP contribution in [0.25, 0.3) is 0 Å². The largest absolute Gasteiger partial charge is 0.497 e. The summed E-state index contributed by atoms with van der Waals surface area (Å²) in [6.07, 6.45) is -4.45. The molecule has 0 atom stereocenters. The summed E-state index contributed by atoms with van der Waals surface area (Å²) in [4.78, 5) is 16.3. The number of carbonyl (C=O) groups is 1. The second-order valence-corrected chi connectivity index (χ2v) is 7.15. The molecule has 0 radical (unpaired) electrons. The molecule has 1 aliphatic rings. The first-order valence-corrected chi connectivity index (χ1v) is 9.81. The molecule has 9 heteroatoms. The molecule has 0 N–H and O–H groups in total. The van der Waals surface area contributed by atoms with Crippen LogP contribution in [0.5, 0.6) is 17.2 Å². The summed E-state index contributed by atoms with van der Waals surface area (Å²) in [5.41, 5.74) is 0.188. The molecule has 1 aliphatic heterocycles. The molecular weight excluding hydrogens is 413 g/mol. The average Bonchev–Trinajstić information content (AvgIpc) is 2.77. The van der Waals surface area contributed by atoms with Gasteiger partial charge in [-0.2, -0.15) is 13.2 Å². The van der Waals surface area contributed by atoms with Crippen LogP contribution in [0.3, 0.4) is 0 Å². The second kappa shape index (κ2) is 9.91. The van der Waals surface area contributed by atoms with Crippen molar-refractivity contribution in [1.29, 1.82) is 0 Å². The van der Waals surface area contributed by atoms with Gasteiger partial charge in [-0.15, -0.1) is 0 Å². The van der Waals surface area contributed by atoms with Crippen LogP contribution in [-0.4, -0.2) is 62.7 Å². The number of amides is 1. The number of alkyl halides is 3. The van der Waals surface area contributed by atoms with Gasteiger partial charge in [-0.1, -0.05) is 6.07 Å². The van der Waals surface area contributed by atoms with Gasteiger partial charge in [0.2, 0.25) is 0 Å². The van der Waals surface area contributed by atoms with Gasteiger partial charge in [0.25, 0.3) is 5.91 Å². The van der Waals surface area contributed by atoms with E-state index in [1.54, 1.807) is 19.1 Å². The monoisotopic (exact) mass is 438 g/mol. The van der Waals surface area contributed by atoms with E-state index in [4.69, 9.17) is 14.2 Å². The molecule has 168 valence electrons. The van der Waals surface area contributed by atoms with Crippen LogP contribution in [0.15, 0.2) is 42.5 Å². The molecule has 2 aromatic rings. The Morgan fingerprint density at radius 3 is 2.35 bits per heavy atom. The molecular formula is C22H25F3N2O4. The molecule has 0 saturated carbocycles. The average molecular weight is 438 g/mol. The van der Waals surface area contributed by atoms with Gasteiger partial charge >= 0.3 is 6.18 Å². The van der Waals surface area contributed by atoms with Crippen molar-refractivity contribution in [2.75, 3.05) is 47.0 Å². The van der Waals surface area contributed by atoms with Crippen LogP contribution >= 0.6 is 0 Å². The van der Waals surface area contributed by atoms with Gasteiger partial charge in [0.1, 0.15) is 17.2 Å². The van der Waals surface area contributed by atoms with Crippen molar-refractivity contribution >= 4 is 5.91 Å². The van der Waals surface area contributed by atoms with E-state index in [0.717, 1.165) is 29.2 Å². The first kappa shape index (κ1) is 22.7. The quantitative estimate of drug-likeness (QED) is 0.663. The zero-order valence-electron chi connectivity index (χ0n) is 17.4. The Balaban J connectivity index is 1.50. The molecule has 0 aliphatic carbocycles. The van der Waals surface area contributed by atoms with Gasteiger partial charge in [0.05, 0.1) is 19.8 Å². The van der Waals surface area contributed by atoms with E-state index >= 15 is 0 Å². The molecule has 1 heterocycles. The van der Waals surface area contributed by atoms with Crippen molar-refractivity contribution in [1.82, 2.24) is 9.80 Å². The van der Waals surface area contributed by atoms with Crippen molar-refractivity contribution in [3.05, 3.63) is 53.6 Å². The topological polar surface area (TPSA) is 51.2 Å². The van der Waals surface area contributed by atoms with Crippen LogP contribution in [-0.2, 0) is 17.5 Å². The fourth-order valence-electron chi connectivity index (χ4n) is 3.40. The van der Waals surface area contributed by atoms with Gasteiger partial charge in [-0.3, -0.25) is 9.69 Å². The van der Waals surface area contributed by atoms with Crippen molar-refractivity contribution < 1.29 is 32.2 Å². The predicted octanol–water partition coefficient (Wildman–Crippen LogP) is 3.45. The summed E-state index contributed by atoms with van der Waals surface area (Å²) in [5.74, 6) is 1.29. The fourth-order valence-corrected chi connectivity index (χ4v) is 3.40. The van der Waals surface area contributed by atoms with Crippen LogP contribution in [0.1, 0.15) is 11.1 Å². The number of rotatable bonds is 7. The van der Waals surface area contributed by atoms with Crippen molar-refractivity contribution in [2.45, 2.75) is 12.7 Å². The lowest BCUT2D eigenvalue weighted by molar-refractivity contribution is -0.137. The molecule has 0 bridgehead atoms. The number of methoxy groups -OCH3 is 2. The molecule has 0 spiro atoms. The summed E-state index contributed by atoms with van der Waals surface area (Å²) in [6.45, 7) is 2.70. The fraction of sp³-hybridized carbons (Fsp3) is 0.409. The summed E-state index contributed by atoms with van der Waals surface area (Å²) in [6, 6.07) is 10.1. The van der Waals surface area contributed by atoms with E-state index in [-0.39, 0.29) is 18.3 Å². The molecule has 1 saturated heterocycles. The van der Waals surface area contributed by atoms with E-state index < -0.39 is 11.7 Å². The Hall–Kier alpha value is -2.94. The van der Waals surface area contributed by atoms with Gasteiger partial charge in [0.15, 0.2) is 6.61 Å². The van der Waals surface area contributed by atoms with Gasteiger partial charge in [-0.05, 0) is 36.4 Å². The number of carbonyl (C=O) groups excluding carboxylic acids is 1. The summed E-state index contributed by atoms with van der Waals surface area (Å²) >= 11 is 0. The SMILES string of the molecule is COc1ccc(OC)c(CN2CCN(C(=O)COc3cccc(C(F)(F)F)c3)CC2)c1. The van der Waals surface area contributed by atoms with Crippen LogP contribution in [0, 0.1) is 0 Å². The third kappa shape index (κ3) is 6.04. The highest BCUT2D eigenvalue weighted by Crippen LogP contribution is 2.31. The highest BCUT2D eigenvalue weighted by molar-refractivity contribution is 5.77.